The van der Waals surface area contributed by atoms with Crippen LogP contribution in [0.25, 0.3) is 16.7 Å². The van der Waals surface area contributed by atoms with Gasteiger partial charge in [-0.15, -0.1) is 0 Å². The average Bonchev–Trinajstić information content (AvgIpc) is 3.08. The minimum absolute atomic E-state index is 0.404. The van der Waals surface area contributed by atoms with Gasteiger partial charge in [0.2, 0.25) is 5.95 Å². The summed E-state index contributed by atoms with van der Waals surface area (Å²) in [6, 6.07) is 13.5. The Morgan fingerprint density at radius 2 is 2.00 bits per heavy atom. The molecule has 4 rings (SSSR count). The number of anilines is 1. The van der Waals surface area contributed by atoms with Gasteiger partial charge in [-0.1, -0.05) is 29.8 Å². The lowest BCUT2D eigenvalue weighted by molar-refractivity contribution is 1.16. The summed E-state index contributed by atoms with van der Waals surface area (Å²) in [6.07, 6.45) is 3.51. The zero-order valence-corrected chi connectivity index (χ0v) is 12.1. The number of aromatic amines is 1. The summed E-state index contributed by atoms with van der Waals surface area (Å²) in [5, 5.41) is 4.58. The lowest BCUT2D eigenvalue weighted by Crippen LogP contribution is -1.95. The number of benzene rings is 1. The van der Waals surface area contributed by atoms with Gasteiger partial charge >= 0.3 is 0 Å². The first-order valence-electron chi connectivity index (χ1n) is 6.68. The van der Waals surface area contributed by atoms with Crippen LogP contribution in [-0.4, -0.2) is 25.6 Å². The standard InChI is InChI=1S/C15H11ClN6/c16-14-12(22-8-4-3-7-13(22)20-14)9-17-21-15-18-10-5-1-2-6-11(10)19-15/h1-9H,(H2,18,19,21). The number of H-pyrrole nitrogens is 1. The number of hydrogen-bond donors (Lipinski definition) is 2. The zero-order valence-electron chi connectivity index (χ0n) is 11.4. The molecule has 22 heavy (non-hydrogen) atoms. The second kappa shape index (κ2) is 5.16. The summed E-state index contributed by atoms with van der Waals surface area (Å²) >= 11 is 6.14. The molecule has 0 saturated carbocycles. The summed E-state index contributed by atoms with van der Waals surface area (Å²) in [4.78, 5) is 11.8. The smallest absolute Gasteiger partial charge is 0.222 e. The first-order valence-corrected chi connectivity index (χ1v) is 7.05. The van der Waals surface area contributed by atoms with Gasteiger partial charge in [0.1, 0.15) is 11.3 Å². The number of halogens is 1. The molecule has 2 N–H and O–H groups in total. The maximum Gasteiger partial charge on any atom is 0.222 e. The number of aromatic nitrogens is 4. The number of nitrogens with one attached hydrogen (secondary N) is 2. The van der Waals surface area contributed by atoms with E-state index >= 15 is 0 Å². The van der Waals surface area contributed by atoms with Crippen LogP contribution in [0, 0.1) is 0 Å². The minimum atomic E-state index is 0.404. The second-order valence-corrected chi connectivity index (χ2v) is 5.05. The topological polar surface area (TPSA) is 70.4 Å². The molecule has 0 unspecified atom stereocenters. The Morgan fingerprint density at radius 3 is 2.91 bits per heavy atom. The van der Waals surface area contributed by atoms with Crippen LogP contribution < -0.4 is 5.43 Å². The number of fused-ring (bicyclic) bond motifs is 2. The van der Waals surface area contributed by atoms with Crippen LogP contribution in [0.2, 0.25) is 5.15 Å². The molecular formula is C15H11ClN6. The fourth-order valence-corrected chi connectivity index (χ4v) is 2.49. The van der Waals surface area contributed by atoms with Crippen LogP contribution in [0.1, 0.15) is 5.69 Å². The molecular weight excluding hydrogens is 300 g/mol. The number of hydrazone groups is 1. The van der Waals surface area contributed by atoms with Gasteiger partial charge in [0.15, 0.2) is 5.15 Å². The van der Waals surface area contributed by atoms with Crippen molar-refractivity contribution in [3.05, 3.63) is 59.5 Å². The van der Waals surface area contributed by atoms with Gasteiger partial charge in [-0.05, 0) is 24.3 Å². The molecule has 0 aliphatic heterocycles. The molecule has 108 valence electrons. The Hall–Kier alpha value is -2.86. The van der Waals surface area contributed by atoms with Crippen molar-refractivity contribution in [3.63, 3.8) is 0 Å². The van der Waals surface area contributed by atoms with Gasteiger partial charge in [-0.2, -0.15) is 5.10 Å². The van der Waals surface area contributed by atoms with Crippen LogP contribution in [0.4, 0.5) is 5.95 Å². The van der Waals surface area contributed by atoms with Crippen LogP contribution >= 0.6 is 11.6 Å². The Labute approximate surface area is 130 Å². The zero-order chi connectivity index (χ0) is 14.9. The Morgan fingerprint density at radius 1 is 1.14 bits per heavy atom. The summed E-state index contributed by atoms with van der Waals surface area (Å²) in [5.41, 5.74) is 6.19. The van der Waals surface area contributed by atoms with E-state index in [1.165, 1.54) is 0 Å². The highest BCUT2D eigenvalue weighted by atomic mass is 35.5. The predicted octanol–water partition coefficient (Wildman–Crippen LogP) is 3.31. The van der Waals surface area contributed by atoms with Crippen LogP contribution in [0.5, 0.6) is 0 Å². The molecule has 0 radical (unpaired) electrons. The minimum Gasteiger partial charge on any atom is -0.323 e. The SMILES string of the molecule is Clc1nc2ccccn2c1C=NNc1nc2ccccc2[nH]1. The molecule has 0 aliphatic carbocycles. The molecule has 7 heteroatoms. The van der Waals surface area contributed by atoms with E-state index in [2.05, 4.69) is 25.5 Å². The fourth-order valence-electron chi connectivity index (χ4n) is 2.26. The van der Waals surface area contributed by atoms with Crippen molar-refractivity contribution in [2.24, 2.45) is 5.10 Å². The third kappa shape index (κ3) is 2.19. The molecule has 0 amide bonds. The van der Waals surface area contributed by atoms with Gasteiger partial charge in [-0.3, -0.25) is 4.40 Å². The maximum absolute atomic E-state index is 6.14. The highest BCUT2D eigenvalue weighted by Gasteiger charge is 2.07. The maximum atomic E-state index is 6.14. The first kappa shape index (κ1) is 12.8. The summed E-state index contributed by atoms with van der Waals surface area (Å²) in [6.45, 7) is 0. The number of rotatable bonds is 3. The van der Waals surface area contributed by atoms with E-state index in [0.717, 1.165) is 16.7 Å². The van der Waals surface area contributed by atoms with Crippen LogP contribution in [0.15, 0.2) is 53.8 Å². The molecule has 0 bridgehead atoms. The number of imidazole rings is 2. The molecule has 4 aromatic rings. The van der Waals surface area contributed by atoms with E-state index in [4.69, 9.17) is 11.6 Å². The quantitative estimate of drug-likeness (QED) is 0.450. The van der Waals surface area contributed by atoms with E-state index < -0.39 is 0 Å². The summed E-state index contributed by atoms with van der Waals surface area (Å²) < 4.78 is 1.87. The third-order valence-electron chi connectivity index (χ3n) is 3.27. The van der Waals surface area contributed by atoms with Gasteiger partial charge < -0.3 is 4.98 Å². The van der Waals surface area contributed by atoms with Gasteiger partial charge in [0.05, 0.1) is 17.2 Å². The molecule has 1 aromatic carbocycles. The summed E-state index contributed by atoms with van der Waals surface area (Å²) in [5.74, 6) is 0.572. The van der Waals surface area contributed by atoms with Crippen molar-refractivity contribution in [1.29, 1.82) is 0 Å². The number of nitrogens with zero attached hydrogens (tertiary/aromatic N) is 4. The van der Waals surface area contributed by atoms with Crippen LogP contribution in [0.3, 0.4) is 0 Å². The Kier molecular flexibility index (Phi) is 3.01. The first-order chi connectivity index (χ1) is 10.8. The largest absolute Gasteiger partial charge is 0.323 e. The van der Waals surface area contributed by atoms with E-state index in [9.17, 15) is 0 Å². The summed E-state index contributed by atoms with van der Waals surface area (Å²) in [7, 11) is 0. The monoisotopic (exact) mass is 310 g/mol. The number of pyridine rings is 1. The molecule has 0 spiro atoms. The van der Waals surface area contributed by atoms with Crippen molar-refractivity contribution in [1.82, 2.24) is 19.4 Å². The molecule has 0 atom stereocenters. The highest BCUT2D eigenvalue weighted by molar-refractivity contribution is 6.32. The van der Waals surface area contributed by atoms with Gasteiger partial charge in [0.25, 0.3) is 0 Å². The molecule has 0 fully saturated rings. The lowest BCUT2D eigenvalue weighted by atomic mass is 10.3. The average molecular weight is 311 g/mol. The van der Waals surface area contributed by atoms with E-state index in [1.54, 1.807) is 6.21 Å². The van der Waals surface area contributed by atoms with Crippen molar-refractivity contribution in [2.75, 3.05) is 5.43 Å². The third-order valence-corrected chi connectivity index (χ3v) is 3.55. The Balaban J connectivity index is 1.62. The predicted molar refractivity (Wildman–Crippen MR) is 87.5 cm³/mol. The van der Waals surface area contributed by atoms with E-state index in [0.29, 0.717) is 16.8 Å². The van der Waals surface area contributed by atoms with Crippen molar-refractivity contribution in [2.45, 2.75) is 0 Å². The molecule has 3 heterocycles. The van der Waals surface area contributed by atoms with Gasteiger partial charge in [0, 0.05) is 6.20 Å². The van der Waals surface area contributed by atoms with Crippen molar-refractivity contribution >= 4 is 40.4 Å². The highest BCUT2D eigenvalue weighted by Crippen LogP contribution is 2.16. The van der Waals surface area contributed by atoms with Crippen molar-refractivity contribution in [3.8, 4) is 0 Å². The molecule has 3 aromatic heterocycles. The second-order valence-electron chi connectivity index (χ2n) is 4.69. The van der Waals surface area contributed by atoms with E-state index in [1.807, 2.05) is 53.1 Å². The molecule has 0 saturated heterocycles. The van der Waals surface area contributed by atoms with E-state index in [-0.39, 0.29) is 0 Å². The normalized spacial score (nSPS) is 11.7. The van der Waals surface area contributed by atoms with Crippen molar-refractivity contribution < 1.29 is 0 Å². The number of para-hydroxylation sites is 2. The Bertz CT molecular complexity index is 951. The van der Waals surface area contributed by atoms with Gasteiger partial charge in [-0.25, -0.2) is 15.4 Å². The lowest BCUT2D eigenvalue weighted by Gasteiger charge is -1.96. The molecule has 6 nitrogen and oxygen atoms in total. The molecule has 0 aliphatic rings. The van der Waals surface area contributed by atoms with Crippen LogP contribution in [-0.2, 0) is 0 Å². The number of hydrogen-bond acceptors (Lipinski definition) is 4. The fraction of sp³-hybridized carbons (Fsp3) is 0.